The first kappa shape index (κ1) is 16.9. The number of benzene rings is 2. The van der Waals surface area contributed by atoms with Gasteiger partial charge in [0.15, 0.2) is 11.5 Å². The molecule has 0 aliphatic rings. The lowest BCUT2D eigenvalue weighted by molar-refractivity contribution is 0.355. The smallest absolute Gasteiger partial charge is 0.162 e. The van der Waals surface area contributed by atoms with Gasteiger partial charge in [0.2, 0.25) is 0 Å². The molecule has 0 N–H and O–H groups in total. The first-order valence-electron chi connectivity index (χ1n) is 8.00. The second-order valence-corrected chi connectivity index (χ2v) is 5.98. The van der Waals surface area contributed by atoms with Crippen molar-refractivity contribution < 1.29 is 14.2 Å². The molecule has 0 fully saturated rings. The van der Waals surface area contributed by atoms with Crippen LogP contribution in [-0.2, 0) is 0 Å². The van der Waals surface area contributed by atoms with Crippen LogP contribution in [0.5, 0.6) is 23.0 Å². The highest BCUT2D eigenvalue weighted by atomic mass is 16.5. The molecule has 5 nitrogen and oxygen atoms in total. The third-order valence-corrected chi connectivity index (χ3v) is 4.10. The van der Waals surface area contributed by atoms with E-state index in [1.54, 1.807) is 20.4 Å². The lowest BCUT2D eigenvalue weighted by atomic mass is 10.1. The van der Waals surface area contributed by atoms with Crippen LogP contribution in [0, 0.1) is 6.92 Å². The van der Waals surface area contributed by atoms with Gasteiger partial charge in [-0.15, -0.1) is 0 Å². The van der Waals surface area contributed by atoms with Crippen LogP contribution in [0.4, 0.5) is 5.69 Å². The van der Waals surface area contributed by atoms with Gasteiger partial charge in [-0.2, -0.15) is 0 Å². The van der Waals surface area contributed by atoms with Crippen molar-refractivity contribution in [3.63, 3.8) is 0 Å². The summed E-state index contributed by atoms with van der Waals surface area (Å²) in [5.74, 6) is 2.78. The van der Waals surface area contributed by atoms with Crippen LogP contribution in [0.1, 0.15) is 5.56 Å². The molecule has 25 heavy (non-hydrogen) atoms. The Bertz CT molecular complexity index is 907. The van der Waals surface area contributed by atoms with Crippen molar-refractivity contribution >= 4 is 16.6 Å². The highest BCUT2D eigenvalue weighted by Crippen LogP contribution is 2.37. The Kier molecular flexibility index (Phi) is 4.65. The second-order valence-electron chi connectivity index (χ2n) is 5.98. The molecule has 0 atom stereocenters. The molecule has 1 heterocycles. The van der Waals surface area contributed by atoms with Gasteiger partial charge in [0, 0.05) is 43.5 Å². The molecule has 0 aliphatic heterocycles. The number of methoxy groups -OCH3 is 2. The maximum atomic E-state index is 6.15. The summed E-state index contributed by atoms with van der Waals surface area (Å²) in [6.07, 6.45) is 1.73. The predicted molar refractivity (Wildman–Crippen MR) is 100 cm³/mol. The van der Waals surface area contributed by atoms with E-state index in [-0.39, 0.29) is 0 Å². The number of aryl methyl sites for hydroxylation is 1. The van der Waals surface area contributed by atoms with Crippen LogP contribution >= 0.6 is 0 Å². The van der Waals surface area contributed by atoms with E-state index in [1.165, 1.54) is 5.56 Å². The molecule has 1 aromatic heterocycles. The summed E-state index contributed by atoms with van der Waals surface area (Å²) in [4.78, 5) is 6.47. The van der Waals surface area contributed by atoms with Crippen molar-refractivity contribution in [1.82, 2.24) is 4.98 Å². The SMILES string of the molecule is COc1cc2nccc(Oc3ccc(C)c(N(C)C)c3)c2cc1OC. The number of anilines is 1. The third-order valence-electron chi connectivity index (χ3n) is 4.10. The lowest BCUT2D eigenvalue weighted by Crippen LogP contribution is -2.10. The minimum atomic E-state index is 0.643. The molecular formula is C20H22N2O3. The maximum absolute atomic E-state index is 6.15. The van der Waals surface area contributed by atoms with E-state index in [0.717, 1.165) is 28.1 Å². The van der Waals surface area contributed by atoms with Gasteiger partial charge in [0.1, 0.15) is 11.5 Å². The zero-order chi connectivity index (χ0) is 18.0. The summed E-state index contributed by atoms with van der Waals surface area (Å²) in [7, 11) is 7.26. The summed E-state index contributed by atoms with van der Waals surface area (Å²) < 4.78 is 16.9. The summed E-state index contributed by atoms with van der Waals surface area (Å²) in [5.41, 5.74) is 3.11. The lowest BCUT2D eigenvalue weighted by Gasteiger charge is -2.17. The average Bonchev–Trinajstić information content (AvgIpc) is 2.62. The molecule has 0 unspecified atom stereocenters. The van der Waals surface area contributed by atoms with E-state index in [4.69, 9.17) is 14.2 Å². The van der Waals surface area contributed by atoms with Crippen LogP contribution in [0.2, 0.25) is 0 Å². The maximum Gasteiger partial charge on any atom is 0.162 e. The highest BCUT2D eigenvalue weighted by molar-refractivity contribution is 5.88. The molecule has 0 radical (unpaired) electrons. The third kappa shape index (κ3) is 3.31. The number of hydrogen-bond acceptors (Lipinski definition) is 5. The van der Waals surface area contributed by atoms with Gasteiger partial charge in [-0.1, -0.05) is 6.07 Å². The van der Waals surface area contributed by atoms with Gasteiger partial charge in [-0.3, -0.25) is 4.98 Å². The van der Waals surface area contributed by atoms with Crippen LogP contribution in [0.15, 0.2) is 42.6 Å². The Morgan fingerprint density at radius 2 is 1.60 bits per heavy atom. The van der Waals surface area contributed by atoms with Crippen molar-refractivity contribution in [2.24, 2.45) is 0 Å². The van der Waals surface area contributed by atoms with Crippen LogP contribution in [0.3, 0.4) is 0 Å². The fourth-order valence-corrected chi connectivity index (χ4v) is 2.80. The number of fused-ring (bicyclic) bond motifs is 1. The number of nitrogens with zero attached hydrogens (tertiary/aromatic N) is 2. The molecule has 3 aromatic rings. The molecule has 2 aromatic carbocycles. The molecule has 3 rings (SSSR count). The molecule has 0 saturated heterocycles. The number of aromatic nitrogens is 1. The topological polar surface area (TPSA) is 43.8 Å². The zero-order valence-corrected chi connectivity index (χ0v) is 15.2. The van der Waals surface area contributed by atoms with Crippen molar-refractivity contribution in [2.45, 2.75) is 6.92 Å². The number of rotatable bonds is 5. The summed E-state index contributed by atoms with van der Waals surface area (Å²) in [6.45, 7) is 2.08. The van der Waals surface area contributed by atoms with Crippen molar-refractivity contribution in [3.8, 4) is 23.0 Å². The van der Waals surface area contributed by atoms with E-state index >= 15 is 0 Å². The van der Waals surface area contributed by atoms with Crippen LogP contribution in [0.25, 0.3) is 10.9 Å². The summed E-state index contributed by atoms with van der Waals surface area (Å²) >= 11 is 0. The molecule has 130 valence electrons. The molecule has 0 spiro atoms. The van der Waals surface area contributed by atoms with Gasteiger partial charge in [-0.25, -0.2) is 0 Å². The van der Waals surface area contributed by atoms with Gasteiger partial charge in [0.25, 0.3) is 0 Å². The first-order chi connectivity index (χ1) is 12.0. The van der Waals surface area contributed by atoms with Crippen LogP contribution < -0.4 is 19.1 Å². The van der Waals surface area contributed by atoms with Crippen molar-refractivity contribution in [2.75, 3.05) is 33.2 Å². The quantitative estimate of drug-likeness (QED) is 0.689. The molecular weight excluding hydrogens is 316 g/mol. The summed E-state index contributed by atoms with van der Waals surface area (Å²) in [6, 6.07) is 11.6. The number of pyridine rings is 1. The average molecular weight is 338 g/mol. The van der Waals surface area contributed by atoms with E-state index in [0.29, 0.717) is 11.5 Å². The number of hydrogen-bond donors (Lipinski definition) is 0. The van der Waals surface area contributed by atoms with E-state index in [2.05, 4.69) is 22.9 Å². The van der Waals surface area contributed by atoms with Gasteiger partial charge in [0.05, 0.1) is 19.7 Å². The predicted octanol–water partition coefficient (Wildman–Crippen LogP) is 4.42. The molecule has 0 saturated carbocycles. The second kappa shape index (κ2) is 6.89. The normalized spacial score (nSPS) is 10.6. The molecule has 0 bridgehead atoms. The Balaban J connectivity index is 2.06. The van der Waals surface area contributed by atoms with E-state index in [9.17, 15) is 0 Å². The van der Waals surface area contributed by atoms with E-state index in [1.807, 2.05) is 44.4 Å². The fraction of sp³-hybridized carbons (Fsp3) is 0.250. The molecule has 0 aliphatic carbocycles. The Morgan fingerprint density at radius 3 is 2.28 bits per heavy atom. The monoisotopic (exact) mass is 338 g/mol. The van der Waals surface area contributed by atoms with Gasteiger partial charge >= 0.3 is 0 Å². The first-order valence-corrected chi connectivity index (χ1v) is 8.00. The van der Waals surface area contributed by atoms with Crippen LogP contribution in [-0.4, -0.2) is 33.3 Å². The summed E-state index contributed by atoms with van der Waals surface area (Å²) in [5, 5.41) is 0.868. The minimum absolute atomic E-state index is 0.643. The Labute approximate surface area is 147 Å². The van der Waals surface area contributed by atoms with Gasteiger partial charge < -0.3 is 19.1 Å². The molecule has 0 amide bonds. The van der Waals surface area contributed by atoms with Gasteiger partial charge in [-0.05, 0) is 30.7 Å². The number of ether oxygens (including phenoxy) is 3. The van der Waals surface area contributed by atoms with E-state index < -0.39 is 0 Å². The molecule has 5 heteroatoms. The Morgan fingerprint density at radius 1 is 0.880 bits per heavy atom. The van der Waals surface area contributed by atoms with Crippen molar-refractivity contribution in [1.29, 1.82) is 0 Å². The highest BCUT2D eigenvalue weighted by Gasteiger charge is 2.12. The fourth-order valence-electron chi connectivity index (χ4n) is 2.80. The Hall–Kier alpha value is -2.95. The minimum Gasteiger partial charge on any atom is -0.493 e. The standard InChI is InChI=1S/C20H22N2O3/c1-13-6-7-14(10-17(13)22(2)3)25-18-8-9-21-16-12-20(24-5)19(23-4)11-15(16)18/h6-12H,1-5H3. The largest absolute Gasteiger partial charge is 0.493 e. The van der Waals surface area contributed by atoms with Crippen molar-refractivity contribution in [3.05, 3.63) is 48.2 Å². The zero-order valence-electron chi connectivity index (χ0n) is 15.2.